The lowest BCUT2D eigenvalue weighted by molar-refractivity contribution is -0.124. The lowest BCUT2D eigenvalue weighted by Crippen LogP contribution is -2.45. The van der Waals surface area contributed by atoms with Crippen LogP contribution in [0.1, 0.15) is 37.1 Å². The third-order valence-electron chi connectivity index (χ3n) is 5.92. The quantitative estimate of drug-likeness (QED) is 0.371. The van der Waals surface area contributed by atoms with E-state index in [1.807, 2.05) is 98.8 Å². The zero-order valence-electron chi connectivity index (χ0n) is 18.3. The molecule has 0 aliphatic heterocycles. The maximum atomic E-state index is 13.4. The van der Waals surface area contributed by atoms with E-state index < -0.39 is 18.0 Å². The summed E-state index contributed by atoms with van der Waals surface area (Å²) >= 11 is 0. The number of urea groups is 1. The summed E-state index contributed by atoms with van der Waals surface area (Å²) in [6.07, 6.45) is 1.18. The van der Waals surface area contributed by atoms with E-state index in [0.29, 0.717) is 0 Å². The molecule has 0 heterocycles. The number of benzene rings is 4. The number of fused-ring (bicyclic) bond motifs is 2. The molecule has 4 heteroatoms. The van der Waals surface area contributed by atoms with Crippen molar-refractivity contribution in [1.82, 2.24) is 10.2 Å². The van der Waals surface area contributed by atoms with Crippen LogP contribution in [-0.2, 0) is 4.79 Å². The number of rotatable bonds is 5. The Balaban J connectivity index is 1.66. The molecular weight excluding hydrogens is 396 g/mol. The number of carbonyl (C=O) groups excluding carboxylic acids is 2. The minimum Gasteiger partial charge on any atom is -0.331 e. The Bertz CT molecular complexity index is 1300. The first kappa shape index (κ1) is 21.3. The Labute approximate surface area is 188 Å². The molecule has 0 fully saturated rings. The van der Waals surface area contributed by atoms with Crippen molar-refractivity contribution in [1.29, 1.82) is 0 Å². The molecule has 32 heavy (non-hydrogen) atoms. The Morgan fingerprint density at radius 2 is 1.28 bits per heavy atom. The molecule has 3 amide bonds. The zero-order valence-corrected chi connectivity index (χ0v) is 18.3. The van der Waals surface area contributed by atoms with E-state index in [1.165, 1.54) is 11.0 Å². The topological polar surface area (TPSA) is 49.4 Å². The molecule has 2 atom stereocenters. The fourth-order valence-electron chi connectivity index (χ4n) is 4.28. The van der Waals surface area contributed by atoms with Gasteiger partial charge in [0, 0.05) is 0 Å². The lowest BCUT2D eigenvalue weighted by Gasteiger charge is -2.29. The second-order valence-electron chi connectivity index (χ2n) is 7.90. The molecule has 4 rings (SSSR count). The largest absolute Gasteiger partial charge is 0.331 e. The molecule has 4 aromatic carbocycles. The van der Waals surface area contributed by atoms with E-state index in [9.17, 15) is 9.59 Å². The van der Waals surface area contributed by atoms with Crippen LogP contribution in [0.15, 0.2) is 97.6 Å². The van der Waals surface area contributed by atoms with Gasteiger partial charge < -0.3 is 5.32 Å². The number of hydrogen-bond acceptors (Lipinski definition) is 2. The third kappa shape index (κ3) is 4.00. The molecule has 0 aliphatic rings. The smallest absolute Gasteiger partial charge is 0.325 e. The van der Waals surface area contributed by atoms with Gasteiger partial charge >= 0.3 is 6.03 Å². The highest BCUT2D eigenvalue weighted by atomic mass is 16.2. The van der Waals surface area contributed by atoms with Crippen LogP contribution in [0.4, 0.5) is 4.79 Å². The summed E-state index contributed by atoms with van der Waals surface area (Å²) in [6.45, 7) is 7.41. The van der Waals surface area contributed by atoms with Crippen molar-refractivity contribution in [3.63, 3.8) is 0 Å². The van der Waals surface area contributed by atoms with Gasteiger partial charge in [0.25, 0.3) is 5.91 Å². The Hall–Kier alpha value is -3.92. The summed E-state index contributed by atoms with van der Waals surface area (Å²) in [4.78, 5) is 27.4. The standard InChI is InChI=1S/C28H26N2O2/c1-4-27(31)30(20(3)24-18-10-14-22-12-6-8-16-26(22)24)28(32)29-19(2)23-17-9-13-21-11-5-7-15-25(21)23/h4-20H,1H2,2-3H3,(H,29,32)/t19-,20?/m0/s1. The van der Waals surface area contributed by atoms with Crippen LogP contribution in [-0.4, -0.2) is 16.8 Å². The van der Waals surface area contributed by atoms with E-state index in [1.54, 1.807) is 0 Å². The summed E-state index contributed by atoms with van der Waals surface area (Å²) in [5, 5.41) is 7.28. The molecule has 0 radical (unpaired) electrons. The molecule has 0 saturated carbocycles. The lowest BCUT2D eigenvalue weighted by atomic mass is 9.98. The van der Waals surface area contributed by atoms with Crippen molar-refractivity contribution in [3.05, 3.63) is 109 Å². The van der Waals surface area contributed by atoms with Gasteiger partial charge in [-0.1, -0.05) is 91.5 Å². The summed E-state index contributed by atoms with van der Waals surface area (Å²) in [5.74, 6) is -0.437. The minimum absolute atomic E-state index is 0.284. The molecule has 0 saturated heterocycles. The number of hydrogen-bond donors (Lipinski definition) is 1. The van der Waals surface area contributed by atoms with Gasteiger partial charge in [0.1, 0.15) is 0 Å². The van der Waals surface area contributed by atoms with Gasteiger partial charge in [-0.3, -0.25) is 9.69 Å². The Morgan fingerprint density at radius 1 is 0.781 bits per heavy atom. The highest BCUT2D eigenvalue weighted by molar-refractivity contribution is 6.01. The van der Waals surface area contributed by atoms with E-state index in [4.69, 9.17) is 0 Å². The number of nitrogens with zero attached hydrogens (tertiary/aromatic N) is 1. The van der Waals surface area contributed by atoms with Crippen LogP contribution in [0.3, 0.4) is 0 Å². The van der Waals surface area contributed by atoms with Gasteiger partial charge in [0.2, 0.25) is 0 Å². The van der Waals surface area contributed by atoms with Gasteiger partial charge in [-0.2, -0.15) is 0 Å². The molecule has 1 unspecified atom stereocenters. The van der Waals surface area contributed by atoms with Gasteiger partial charge in [-0.25, -0.2) is 4.79 Å². The zero-order chi connectivity index (χ0) is 22.7. The van der Waals surface area contributed by atoms with Crippen molar-refractivity contribution >= 4 is 33.5 Å². The molecule has 0 bridgehead atoms. The van der Waals surface area contributed by atoms with E-state index in [-0.39, 0.29) is 6.04 Å². The fourth-order valence-corrected chi connectivity index (χ4v) is 4.28. The van der Waals surface area contributed by atoms with Crippen LogP contribution >= 0.6 is 0 Å². The average Bonchev–Trinajstić information content (AvgIpc) is 2.83. The summed E-state index contributed by atoms with van der Waals surface area (Å²) in [5.41, 5.74) is 1.91. The Kier molecular flexibility index (Phi) is 6.04. The third-order valence-corrected chi connectivity index (χ3v) is 5.92. The van der Waals surface area contributed by atoms with E-state index in [2.05, 4.69) is 11.9 Å². The number of amides is 3. The molecule has 1 N–H and O–H groups in total. The van der Waals surface area contributed by atoms with E-state index >= 15 is 0 Å². The minimum atomic E-state index is -0.466. The van der Waals surface area contributed by atoms with Crippen molar-refractivity contribution in [2.75, 3.05) is 0 Å². The Morgan fingerprint density at radius 3 is 1.88 bits per heavy atom. The first-order valence-electron chi connectivity index (χ1n) is 10.7. The maximum absolute atomic E-state index is 13.4. The highest BCUT2D eigenvalue weighted by Crippen LogP contribution is 2.29. The number of imide groups is 1. The summed E-state index contributed by atoms with van der Waals surface area (Å²) < 4.78 is 0. The van der Waals surface area contributed by atoms with E-state index in [0.717, 1.165) is 32.7 Å². The highest BCUT2D eigenvalue weighted by Gasteiger charge is 2.28. The first-order chi connectivity index (χ1) is 15.5. The molecule has 0 aromatic heterocycles. The monoisotopic (exact) mass is 422 g/mol. The summed E-state index contributed by atoms with van der Waals surface area (Å²) in [7, 11) is 0. The maximum Gasteiger partial charge on any atom is 0.325 e. The molecule has 160 valence electrons. The van der Waals surface area contributed by atoms with Crippen LogP contribution in [0.5, 0.6) is 0 Å². The van der Waals surface area contributed by atoms with Crippen LogP contribution in [0, 0.1) is 0 Å². The van der Waals surface area contributed by atoms with Gasteiger partial charge in [0.05, 0.1) is 12.1 Å². The van der Waals surface area contributed by atoms with Crippen LogP contribution in [0.2, 0.25) is 0 Å². The number of carbonyl (C=O) groups is 2. The average molecular weight is 423 g/mol. The van der Waals surface area contributed by atoms with Gasteiger partial charge in [-0.05, 0) is 52.6 Å². The molecule has 0 aliphatic carbocycles. The first-order valence-corrected chi connectivity index (χ1v) is 10.7. The normalized spacial score (nSPS) is 12.8. The van der Waals surface area contributed by atoms with Gasteiger partial charge in [-0.15, -0.1) is 0 Å². The molecular formula is C28H26N2O2. The fraction of sp³-hybridized carbons (Fsp3) is 0.143. The van der Waals surface area contributed by atoms with Crippen molar-refractivity contribution in [2.24, 2.45) is 0 Å². The van der Waals surface area contributed by atoms with Crippen molar-refractivity contribution in [3.8, 4) is 0 Å². The molecule has 0 spiro atoms. The number of nitrogens with one attached hydrogen (secondary N) is 1. The predicted octanol–water partition coefficient (Wildman–Crippen LogP) is 6.54. The predicted molar refractivity (Wildman–Crippen MR) is 130 cm³/mol. The second-order valence-corrected chi connectivity index (χ2v) is 7.90. The molecule has 4 aromatic rings. The van der Waals surface area contributed by atoms with Crippen LogP contribution < -0.4 is 5.32 Å². The SMILES string of the molecule is C=CC(=O)N(C(=O)N[C@@H](C)c1cccc2ccccc12)C(C)c1cccc2ccccc12. The molecule has 4 nitrogen and oxygen atoms in total. The van der Waals surface area contributed by atoms with Crippen molar-refractivity contribution < 1.29 is 9.59 Å². The van der Waals surface area contributed by atoms with Gasteiger partial charge in [0.15, 0.2) is 0 Å². The summed E-state index contributed by atoms with van der Waals surface area (Å²) in [6, 6.07) is 26.8. The second kappa shape index (κ2) is 9.06. The van der Waals surface area contributed by atoms with Crippen molar-refractivity contribution in [2.45, 2.75) is 25.9 Å². The van der Waals surface area contributed by atoms with Crippen LogP contribution in [0.25, 0.3) is 21.5 Å².